The summed E-state index contributed by atoms with van der Waals surface area (Å²) in [5.74, 6) is 0. The summed E-state index contributed by atoms with van der Waals surface area (Å²) in [6.07, 6.45) is 1.79. The average molecular weight is 223 g/mol. The van der Waals surface area contributed by atoms with E-state index >= 15 is 0 Å². The lowest BCUT2D eigenvalue weighted by Gasteiger charge is -1.99. The number of hydrogen-bond acceptors (Lipinski definition) is 2. The summed E-state index contributed by atoms with van der Waals surface area (Å²) in [6, 6.07) is 14.4. The summed E-state index contributed by atoms with van der Waals surface area (Å²) in [5.41, 5.74) is 9.88. The van der Waals surface area contributed by atoms with E-state index < -0.39 is 0 Å². The van der Waals surface area contributed by atoms with E-state index in [0.717, 1.165) is 27.9 Å². The van der Waals surface area contributed by atoms with Gasteiger partial charge in [-0.05, 0) is 29.3 Å². The minimum Gasteiger partial charge on any atom is -0.339 e. The summed E-state index contributed by atoms with van der Waals surface area (Å²) in [5, 5.41) is 1.13. The standard InChI is InChI=1S/C14H13N3/c15-9-10-3-5-11(6-4-10)13-8-12-2-1-7-16-14(12)17-13/h1-8H,9,15H2,(H,16,17). The molecular weight excluding hydrogens is 210 g/mol. The zero-order valence-electron chi connectivity index (χ0n) is 9.35. The van der Waals surface area contributed by atoms with E-state index in [4.69, 9.17) is 5.73 Å². The number of nitrogens with one attached hydrogen (secondary N) is 1. The van der Waals surface area contributed by atoms with Gasteiger partial charge in [0.15, 0.2) is 0 Å². The van der Waals surface area contributed by atoms with Gasteiger partial charge in [-0.25, -0.2) is 4.98 Å². The van der Waals surface area contributed by atoms with Gasteiger partial charge in [-0.3, -0.25) is 0 Å². The highest BCUT2D eigenvalue weighted by atomic mass is 14.8. The lowest BCUT2D eigenvalue weighted by atomic mass is 10.1. The molecule has 3 N–H and O–H groups in total. The molecule has 0 fully saturated rings. The fourth-order valence-electron chi connectivity index (χ4n) is 1.93. The molecule has 3 aromatic rings. The van der Waals surface area contributed by atoms with Gasteiger partial charge in [0.1, 0.15) is 5.65 Å². The molecule has 0 aliphatic rings. The Kier molecular flexibility index (Phi) is 2.38. The van der Waals surface area contributed by atoms with Crippen molar-refractivity contribution in [3.63, 3.8) is 0 Å². The highest BCUT2D eigenvalue weighted by Crippen LogP contribution is 2.22. The van der Waals surface area contributed by atoms with Gasteiger partial charge < -0.3 is 10.7 Å². The Balaban J connectivity index is 2.07. The van der Waals surface area contributed by atoms with Crippen LogP contribution < -0.4 is 5.73 Å². The molecule has 0 aliphatic heterocycles. The third kappa shape index (κ3) is 1.81. The van der Waals surface area contributed by atoms with E-state index in [1.165, 1.54) is 0 Å². The zero-order chi connectivity index (χ0) is 11.7. The zero-order valence-corrected chi connectivity index (χ0v) is 9.35. The normalized spacial score (nSPS) is 10.9. The van der Waals surface area contributed by atoms with Gasteiger partial charge in [0.2, 0.25) is 0 Å². The molecule has 0 saturated heterocycles. The highest BCUT2D eigenvalue weighted by molar-refractivity contribution is 5.82. The Morgan fingerprint density at radius 1 is 1.12 bits per heavy atom. The first-order valence-electron chi connectivity index (χ1n) is 5.60. The first-order valence-corrected chi connectivity index (χ1v) is 5.60. The largest absolute Gasteiger partial charge is 0.339 e. The Bertz CT molecular complexity index is 605. The molecule has 3 heteroatoms. The van der Waals surface area contributed by atoms with Crippen molar-refractivity contribution < 1.29 is 0 Å². The molecule has 0 unspecified atom stereocenters. The first kappa shape index (κ1) is 10.1. The second-order valence-corrected chi connectivity index (χ2v) is 4.03. The molecule has 0 saturated carbocycles. The lowest BCUT2D eigenvalue weighted by Crippen LogP contribution is -1.95. The van der Waals surface area contributed by atoms with E-state index in [-0.39, 0.29) is 0 Å². The van der Waals surface area contributed by atoms with Crippen molar-refractivity contribution in [2.75, 3.05) is 0 Å². The topological polar surface area (TPSA) is 54.7 Å². The van der Waals surface area contributed by atoms with Crippen molar-refractivity contribution in [1.29, 1.82) is 0 Å². The smallest absolute Gasteiger partial charge is 0.137 e. The third-order valence-electron chi connectivity index (χ3n) is 2.89. The van der Waals surface area contributed by atoms with Crippen LogP contribution in [0.2, 0.25) is 0 Å². The number of pyridine rings is 1. The van der Waals surface area contributed by atoms with E-state index in [0.29, 0.717) is 6.54 Å². The predicted molar refractivity (Wildman–Crippen MR) is 69.4 cm³/mol. The van der Waals surface area contributed by atoms with Gasteiger partial charge in [0.25, 0.3) is 0 Å². The second-order valence-electron chi connectivity index (χ2n) is 4.03. The van der Waals surface area contributed by atoms with E-state index in [9.17, 15) is 0 Å². The van der Waals surface area contributed by atoms with Crippen molar-refractivity contribution in [2.24, 2.45) is 5.73 Å². The summed E-state index contributed by atoms with van der Waals surface area (Å²) in [6.45, 7) is 0.578. The van der Waals surface area contributed by atoms with Crippen LogP contribution in [-0.4, -0.2) is 9.97 Å². The van der Waals surface area contributed by atoms with Crippen LogP contribution in [0.3, 0.4) is 0 Å². The van der Waals surface area contributed by atoms with Crippen molar-refractivity contribution in [3.8, 4) is 11.3 Å². The number of benzene rings is 1. The number of nitrogens with two attached hydrogens (primary N) is 1. The molecule has 17 heavy (non-hydrogen) atoms. The van der Waals surface area contributed by atoms with E-state index in [1.807, 2.05) is 18.2 Å². The van der Waals surface area contributed by atoms with Crippen LogP contribution in [0, 0.1) is 0 Å². The quantitative estimate of drug-likeness (QED) is 0.701. The molecule has 2 heterocycles. The lowest BCUT2D eigenvalue weighted by molar-refractivity contribution is 1.07. The van der Waals surface area contributed by atoms with Crippen LogP contribution in [0.1, 0.15) is 5.56 Å². The Hall–Kier alpha value is -2.13. The van der Waals surface area contributed by atoms with Crippen molar-refractivity contribution in [1.82, 2.24) is 9.97 Å². The van der Waals surface area contributed by atoms with Crippen LogP contribution in [0.15, 0.2) is 48.7 Å². The maximum atomic E-state index is 5.58. The minimum absolute atomic E-state index is 0.578. The van der Waals surface area contributed by atoms with Gasteiger partial charge in [-0.15, -0.1) is 0 Å². The number of aromatic amines is 1. The molecule has 0 amide bonds. The molecule has 3 nitrogen and oxygen atoms in total. The fraction of sp³-hybridized carbons (Fsp3) is 0.0714. The summed E-state index contributed by atoms with van der Waals surface area (Å²) >= 11 is 0. The molecule has 0 aliphatic carbocycles. The monoisotopic (exact) mass is 223 g/mol. The summed E-state index contributed by atoms with van der Waals surface area (Å²) < 4.78 is 0. The van der Waals surface area contributed by atoms with Gasteiger partial charge in [0.05, 0.1) is 0 Å². The number of nitrogens with zero attached hydrogens (tertiary/aromatic N) is 1. The number of aromatic nitrogens is 2. The number of H-pyrrole nitrogens is 1. The van der Waals surface area contributed by atoms with Crippen LogP contribution in [0.25, 0.3) is 22.3 Å². The Labute approximate surface area is 99.3 Å². The Morgan fingerprint density at radius 3 is 2.65 bits per heavy atom. The average Bonchev–Trinajstić information content (AvgIpc) is 2.82. The fourth-order valence-corrected chi connectivity index (χ4v) is 1.93. The van der Waals surface area contributed by atoms with Crippen LogP contribution in [0.5, 0.6) is 0 Å². The summed E-state index contributed by atoms with van der Waals surface area (Å²) in [7, 11) is 0. The third-order valence-corrected chi connectivity index (χ3v) is 2.89. The molecule has 0 radical (unpaired) electrons. The van der Waals surface area contributed by atoms with Crippen molar-refractivity contribution in [2.45, 2.75) is 6.54 Å². The minimum atomic E-state index is 0.578. The SMILES string of the molecule is NCc1ccc(-c2cc3cccnc3[nH]2)cc1. The molecular formula is C14H13N3. The van der Waals surface area contributed by atoms with E-state index in [2.05, 4.69) is 34.2 Å². The van der Waals surface area contributed by atoms with Gasteiger partial charge >= 0.3 is 0 Å². The highest BCUT2D eigenvalue weighted by Gasteiger charge is 2.03. The number of rotatable bonds is 2. The van der Waals surface area contributed by atoms with Crippen LogP contribution in [0.4, 0.5) is 0 Å². The molecule has 1 aromatic carbocycles. The molecule has 84 valence electrons. The number of hydrogen-bond donors (Lipinski definition) is 2. The second kappa shape index (κ2) is 4.03. The Morgan fingerprint density at radius 2 is 1.94 bits per heavy atom. The summed E-state index contributed by atoms with van der Waals surface area (Å²) in [4.78, 5) is 7.59. The molecule has 0 spiro atoms. The predicted octanol–water partition coefficient (Wildman–Crippen LogP) is 2.69. The molecule has 3 rings (SSSR count). The first-order chi connectivity index (χ1) is 8.36. The van der Waals surface area contributed by atoms with E-state index in [1.54, 1.807) is 6.20 Å². The molecule has 2 aromatic heterocycles. The van der Waals surface area contributed by atoms with Crippen LogP contribution >= 0.6 is 0 Å². The maximum absolute atomic E-state index is 5.58. The van der Waals surface area contributed by atoms with Crippen LogP contribution in [-0.2, 0) is 6.54 Å². The molecule has 0 atom stereocenters. The van der Waals surface area contributed by atoms with Gasteiger partial charge in [-0.2, -0.15) is 0 Å². The van der Waals surface area contributed by atoms with Gasteiger partial charge in [-0.1, -0.05) is 24.3 Å². The number of fused-ring (bicyclic) bond motifs is 1. The van der Waals surface area contributed by atoms with Crippen molar-refractivity contribution in [3.05, 3.63) is 54.2 Å². The van der Waals surface area contributed by atoms with Gasteiger partial charge in [0, 0.05) is 23.8 Å². The van der Waals surface area contributed by atoms with Crippen molar-refractivity contribution >= 4 is 11.0 Å². The molecule has 0 bridgehead atoms. The maximum Gasteiger partial charge on any atom is 0.137 e.